The molecular formula is C12H21N3O2S. The van der Waals surface area contributed by atoms with Crippen molar-refractivity contribution in [3.05, 3.63) is 23.9 Å². The van der Waals surface area contributed by atoms with E-state index in [1.165, 1.54) is 0 Å². The summed E-state index contributed by atoms with van der Waals surface area (Å²) >= 11 is 0. The molecule has 6 heteroatoms. The van der Waals surface area contributed by atoms with E-state index in [2.05, 4.69) is 15.0 Å². The molecule has 0 aliphatic carbocycles. The van der Waals surface area contributed by atoms with Gasteiger partial charge in [0.25, 0.3) is 0 Å². The van der Waals surface area contributed by atoms with E-state index in [4.69, 9.17) is 0 Å². The van der Waals surface area contributed by atoms with Crippen LogP contribution in [-0.2, 0) is 10.0 Å². The van der Waals surface area contributed by atoms with Gasteiger partial charge in [-0.15, -0.1) is 0 Å². The summed E-state index contributed by atoms with van der Waals surface area (Å²) in [7, 11) is -3.30. The van der Waals surface area contributed by atoms with Gasteiger partial charge in [0.1, 0.15) is 5.82 Å². The molecule has 0 fully saturated rings. The van der Waals surface area contributed by atoms with E-state index in [0.717, 1.165) is 5.69 Å². The maximum Gasteiger partial charge on any atom is 0.233 e. The predicted octanol–water partition coefficient (Wildman–Crippen LogP) is 1.52. The Hall–Kier alpha value is -1.14. The SMILES string of the molecule is Cc1cccc(NS(=O)(=O)CCCNC(C)C)n1. The number of aromatic nitrogens is 1. The van der Waals surface area contributed by atoms with E-state index in [1.807, 2.05) is 26.8 Å². The maximum absolute atomic E-state index is 11.8. The lowest BCUT2D eigenvalue weighted by molar-refractivity contribution is 0.571. The first kappa shape index (κ1) is 14.9. The average Bonchev–Trinajstić information content (AvgIpc) is 2.23. The molecule has 2 N–H and O–H groups in total. The zero-order valence-corrected chi connectivity index (χ0v) is 11.9. The maximum atomic E-state index is 11.8. The van der Waals surface area contributed by atoms with Crippen molar-refractivity contribution in [2.24, 2.45) is 0 Å². The molecule has 1 rings (SSSR count). The highest BCUT2D eigenvalue weighted by atomic mass is 32.2. The van der Waals surface area contributed by atoms with Gasteiger partial charge in [-0.25, -0.2) is 13.4 Å². The molecule has 0 atom stereocenters. The third-order valence-electron chi connectivity index (χ3n) is 2.29. The van der Waals surface area contributed by atoms with Crippen LogP contribution in [0.15, 0.2) is 18.2 Å². The second-order valence-electron chi connectivity index (χ2n) is 4.55. The number of rotatable bonds is 7. The van der Waals surface area contributed by atoms with E-state index < -0.39 is 10.0 Å². The van der Waals surface area contributed by atoms with Crippen molar-refractivity contribution in [3.63, 3.8) is 0 Å². The van der Waals surface area contributed by atoms with Crippen molar-refractivity contribution < 1.29 is 8.42 Å². The van der Waals surface area contributed by atoms with Gasteiger partial charge in [-0.3, -0.25) is 4.72 Å². The fourth-order valence-electron chi connectivity index (χ4n) is 1.46. The molecule has 0 spiro atoms. The lowest BCUT2D eigenvalue weighted by Gasteiger charge is -2.09. The molecule has 0 aliphatic rings. The van der Waals surface area contributed by atoms with Crippen molar-refractivity contribution in [1.29, 1.82) is 0 Å². The van der Waals surface area contributed by atoms with Gasteiger partial charge in [0.2, 0.25) is 10.0 Å². The average molecular weight is 271 g/mol. The number of aryl methyl sites for hydroxylation is 1. The van der Waals surface area contributed by atoms with Gasteiger partial charge < -0.3 is 5.32 Å². The van der Waals surface area contributed by atoms with Crippen LogP contribution < -0.4 is 10.0 Å². The van der Waals surface area contributed by atoms with E-state index in [0.29, 0.717) is 24.8 Å². The van der Waals surface area contributed by atoms with E-state index >= 15 is 0 Å². The number of nitrogens with one attached hydrogen (secondary N) is 2. The summed E-state index contributed by atoms with van der Waals surface area (Å²) in [6.07, 6.45) is 0.583. The molecule has 1 aromatic heterocycles. The quantitative estimate of drug-likeness (QED) is 0.738. The van der Waals surface area contributed by atoms with Crippen LogP contribution in [-0.4, -0.2) is 31.7 Å². The minimum Gasteiger partial charge on any atom is -0.314 e. The summed E-state index contributed by atoms with van der Waals surface area (Å²) in [5, 5.41) is 3.18. The van der Waals surface area contributed by atoms with Gasteiger partial charge in [0.05, 0.1) is 5.75 Å². The molecule has 5 nitrogen and oxygen atoms in total. The van der Waals surface area contributed by atoms with Gasteiger partial charge in [0.15, 0.2) is 0 Å². The number of anilines is 1. The molecule has 0 saturated heterocycles. The van der Waals surface area contributed by atoms with Crippen LogP contribution in [0, 0.1) is 6.92 Å². The Balaban J connectivity index is 2.45. The van der Waals surface area contributed by atoms with Crippen LogP contribution in [0.2, 0.25) is 0 Å². The fourth-order valence-corrected chi connectivity index (χ4v) is 2.52. The Labute approximate surface area is 109 Å². The lowest BCUT2D eigenvalue weighted by atomic mass is 10.4. The number of pyridine rings is 1. The first-order valence-corrected chi connectivity index (χ1v) is 7.72. The highest BCUT2D eigenvalue weighted by molar-refractivity contribution is 7.92. The van der Waals surface area contributed by atoms with Crippen LogP contribution in [0.3, 0.4) is 0 Å². The summed E-state index contributed by atoms with van der Waals surface area (Å²) in [5.74, 6) is 0.481. The summed E-state index contributed by atoms with van der Waals surface area (Å²) in [5.41, 5.74) is 0.789. The molecule has 102 valence electrons. The summed E-state index contributed by atoms with van der Waals surface area (Å²) in [6.45, 7) is 6.58. The first-order chi connectivity index (χ1) is 8.39. The van der Waals surface area contributed by atoms with Crippen molar-refractivity contribution in [1.82, 2.24) is 10.3 Å². The molecule has 1 aromatic rings. The van der Waals surface area contributed by atoms with Crippen LogP contribution in [0.4, 0.5) is 5.82 Å². The molecule has 0 unspecified atom stereocenters. The second kappa shape index (κ2) is 6.70. The highest BCUT2D eigenvalue weighted by Gasteiger charge is 2.10. The number of hydrogen-bond acceptors (Lipinski definition) is 4. The topological polar surface area (TPSA) is 71.1 Å². The van der Waals surface area contributed by atoms with Crippen LogP contribution >= 0.6 is 0 Å². The summed E-state index contributed by atoms with van der Waals surface area (Å²) < 4.78 is 26.0. The monoisotopic (exact) mass is 271 g/mol. The highest BCUT2D eigenvalue weighted by Crippen LogP contribution is 2.07. The number of nitrogens with zero attached hydrogens (tertiary/aromatic N) is 1. The third kappa shape index (κ3) is 5.97. The zero-order chi connectivity index (χ0) is 13.6. The smallest absolute Gasteiger partial charge is 0.233 e. The molecule has 0 radical (unpaired) electrons. The molecule has 0 aromatic carbocycles. The first-order valence-electron chi connectivity index (χ1n) is 6.06. The molecule has 1 heterocycles. The molecule has 0 aliphatic heterocycles. The lowest BCUT2D eigenvalue weighted by Crippen LogP contribution is -2.26. The molecule has 0 bridgehead atoms. The van der Waals surface area contributed by atoms with Gasteiger partial charge in [-0.1, -0.05) is 19.9 Å². The molecule has 0 amide bonds. The van der Waals surface area contributed by atoms with Crippen LogP contribution in [0.1, 0.15) is 26.0 Å². The predicted molar refractivity (Wildman–Crippen MR) is 74.1 cm³/mol. The summed E-state index contributed by atoms with van der Waals surface area (Å²) in [4.78, 5) is 4.11. The van der Waals surface area contributed by atoms with E-state index in [-0.39, 0.29) is 5.75 Å². The Morgan fingerprint density at radius 3 is 2.67 bits per heavy atom. The van der Waals surface area contributed by atoms with E-state index in [1.54, 1.807) is 12.1 Å². The van der Waals surface area contributed by atoms with Gasteiger partial charge in [0, 0.05) is 11.7 Å². The Kier molecular flexibility index (Phi) is 5.55. The Morgan fingerprint density at radius 2 is 2.06 bits per heavy atom. The molecular weight excluding hydrogens is 250 g/mol. The molecule has 18 heavy (non-hydrogen) atoms. The largest absolute Gasteiger partial charge is 0.314 e. The van der Waals surface area contributed by atoms with Gasteiger partial charge >= 0.3 is 0 Å². The Bertz CT molecular complexity index is 472. The van der Waals surface area contributed by atoms with Crippen molar-refractivity contribution >= 4 is 15.8 Å². The third-order valence-corrected chi connectivity index (χ3v) is 3.64. The fraction of sp³-hybridized carbons (Fsp3) is 0.583. The normalized spacial score (nSPS) is 11.8. The molecule has 0 saturated carbocycles. The van der Waals surface area contributed by atoms with Crippen molar-refractivity contribution in [2.45, 2.75) is 33.2 Å². The minimum atomic E-state index is -3.30. The number of hydrogen-bond donors (Lipinski definition) is 2. The van der Waals surface area contributed by atoms with Crippen molar-refractivity contribution in [2.75, 3.05) is 17.0 Å². The minimum absolute atomic E-state index is 0.0995. The second-order valence-corrected chi connectivity index (χ2v) is 6.39. The summed E-state index contributed by atoms with van der Waals surface area (Å²) in [6, 6.07) is 5.63. The van der Waals surface area contributed by atoms with Gasteiger partial charge in [-0.2, -0.15) is 0 Å². The van der Waals surface area contributed by atoms with Crippen LogP contribution in [0.5, 0.6) is 0 Å². The van der Waals surface area contributed by atoms with Gasteiger partial charge in [-0.05, 0) is 32.0 Å². The zero-order valence-electron chi connectivity index (χ0n) is 11.1. The number of sulfonamides is 1. The standard InChI is InChI=1S/C12H21N3O2S/c1-10(2)13-8-5-9-18(16,17)15-12-7-4-6-11(3)14-12/h4,6-7,10,13H,5,8-9H2,1-3H3,(H,14,15). The van der Waals surface area contributed by atoms with E-state index in [9.17, 15) is 8.42 Å². The Morgan fingerprint density at radius 1 is 1.33 bits per heavy atom. The van der Waals surface area contributed by atoms with Crippen molar-refractivity contribution in [3.8, 4) is 0 Å². The van der Waals surface area contributed by atoms with Crippen LogP contribution in [0.25, 0.3) is 0 Å².